The van der Waals surface area contributed by atoms with E-state index in [1.54, 1.807) is 0 Å². The van der Waals surface area contributed by atoms with Gasteiger partial charge in [0.05, 0.1) is 12.9 Å². The maximum absolute atomic E-state index is 4.95. The number of rotatable bonds is 8. The molecule has 0 saturated heterocycles. The average Bonchev–Trinajstić information content (AvgIpc) is 3.36. The number of nitrogens with zero attached hydrogens (tertiary/aromatic N) is 3. The van der Waals surface area contributed by atoms with Crippen molar-refractivity contribution in [1.29, 1.82) is 0 Å². The molecule has 0 unspecified atom stereocenters. The number of imidazole rings is 1. The van der Waals surface area contributed by atoms with Crippen molar-refractivity contribution < 1.29 is 0 Å². The van der Waals surface area contributed by atoms with Gasteiger partial charge in [0.15, 0.2) is 5.96 Å². The average molecular weight is 481 g/mol. The van der Waals surface area contributed by atoms with Crippen LogP contribution in [-0.2, 0) is 12.0 Å². The summed E-state index contributed by atoms with van der Waals surface area (Å²) in [4.78, 5) is 9.04. The smallest absolute Gasteiger partial charge is 0.191 e. The Bertz CT molecular complexity index is 663. The molecular weight excluding hydrogens is 449 g/mol. The van der Waals surface area contributed by atoms with E-state index in [1.807, 2.05) is 18.7 Å². The number of aryl methyl sites for hydroxylation is 1. The van der Waals surface area contributed by atoms with Gasteiger partial charge in [-0.3, -0.25) is 4.99 Å². The number of nitrogens with one attached hydrogen (secondary N) is 2. The number of aliphatic imine (C=N–C) groups is 1. The molecule has 0 aliphatic heterocycles. The SMILES string of the molecule is CCNC(=NCC1(c2ccccc2)CCCC1)NCCCn1ccnc1.I. The van der Waals surface area contributed by atoms with Gasteiger partial charge in [-0.15, -0.1) is 24.0 Å². The van der Waals surface area contributed by atoms with Crippen molar-refractivity contribution in [3.05, 3.63) is 54.6 Å². The van der Waals surface area contributed by atoms with Crippen LogP contribution >= 0.6 is 24.0 Å². The largest absolute Gasteiger partial charge is 0.357 e. The summed E-state index contributed by atoms with van der Waals surface area (Å²) in [5.74, 6) is 0.931. The molecule has 1 fully saturated rings. The topological polar surface area (TPSA) is 54.2 Å². The molecule has 148 valence electrons. The highest BCUT2D eigenvalue weighted by Gasteiger charge is 2.35. The fraction of sp³-hybridized carbons (Fsp3) is 0.524. The Kier molecular flexibility index (Phi) is 9.10. The Morgan fingerprint density at radius 3 is 2.63 bits per heavy atom. The molecule has 1 aliphatic rings. The van der Waals surface area contributed by atoms with E-state index in [9.17, 15) is 0 Å². The second-order valence-electron chi connectivity index (χ2n) is 7.13. The Labute approximate surface area is 180 Å². The lowest BCUT2D eigenvalue weighted by atomic mass is 9.79. The van der Waals surface area contributed by atoms with E-state index in [2.05, 4.69) is 57.4 Å². The van der Waals surface area contributed by atoms with Gasteiger partial charge in [-0.2, -0.15) is 0 Å². The molecule has 6 heteroatoms. The molecule has 1 saturated carbocycles. The highest BCUT2D eigenvalue weighted by atomic mass is 127. The van der Waals surface area contributed by atoms with Crippen LogP contribution in [0.25, 0.3) is 0 Å². The van der Waals surface area contributed by atoms with Crippen LogP contribution in [0.1, 0.15) is 44.6 Å². The first kappa shape index (κ1) is 21.7. The first-order chi connectivity index (χ1) is 12.8. The van der Waals surface area contributed by atoms with Gasteiger partial charge in [-0.05, 0) is 31.7 Å². The molecule has 0 spiro atoms. The predicted molar refractivity (Wildman–Crippen MR) is 123 cm³/mol. The summed E-state index contributed by atoms with van der Waals surface area (Å²) in [7, 11) is 0. The van der Waals surface area contributed by atoms with Gasteiger partial charge < -0.3 is 15.2 Å². The molecular formula is C21H32IN5. The van der Waals surface area contributed by atoms with Crippen molar-refractivity contribution in [2.45, 2.75) is 51.0 Å². The zero-order valence-corrected chi connectivity index (χ0v) is 18.6. The molecule has 0 bridgehead atoms. The maximum Gasteiger partial charge on any atom is 0.191 e. The Morgan fingerprint density at radius 1 is 1.19 bits per heavy atom. The normalized spacial score (nSPS) is 16.0. The Hall–Kier alpha value is -1.57. The van der Waals surface area contributed by atoms with Crippen LogP contribution in [0.3, 0.4) is 0 Å². The zero-order chi connectivity index (χ0) is 18.1. The monoisotopic (exact) mass is 481 g/mol. The van der Waals surface area contributed by atoms with Gasteiger partial charge in [-0.1, -0.05) is 43.2 Å². The molecule has 5 nitrogen and oxygen atoms in total. The molecule has 3 rings (SSSR count). The highest BCUT2D eigenvalue weighted by molar-refractivity contribution is 14.0. The van der Waals surface area contributed by atoms with Crippen LogP contribution in [0.15, 0.2) is 54.0 Å². The number of hydrogen-bond acceptors (Lipinski definition) is 2. The highest BCUT2D eigenvalue weighted by Crippen LogP contribution is 2.41. The van der Waals surface area contributed by atoms with Gasteiger partial charge in [0, 0.05) is 37.4 Å². The maximum atomic E-state index is 4.95. The summed E-state index contributed by atoms with van der Waals surface area (Å²) in [6.45, 7) is 5.73. The second kappa shape index (κ2) is 11.3. The van der Waals surface area contributed by atoms with E-state index in [0.717, 1.165) is 38.6 Å². The minimum atomic E-state index is 0. The molecule has 2 N–H and O–H groups in total. The van der Waals surface area contributed by atoms with Crippen LogP contribution in [0.4, 0.5) is 0 Å². The lowest BCUT2D eigenvalue weighted by molar-refractivity contribution is 0.452. The molecule has 1 aromatic heterocycles. The number of benzene rings is 1. The number of aromatic nitrogens is 2. The van der Waals surface area contributed by atoms with E-state index in [0.29, 0.717) is 0 Å². The van der Waals surface area contributed by atoms with Crippen molar-refractivity contribution in [3.8, 4) is 0 Å². The predicted octanol–water partition coefficient (Wildman–Crippen LogP) is 3.96. The second-order valence-corrected chi connectivity index (χ2v) is 7.13. The summed E-state index contributed by atoms with van der Waals surface area (Å²) in [6.07, 6.45) is 11.8. The molecule has 27 heavy (non-hydrogen) atoms. The third-order valence-corrected chi connectivity index (χ3v) is 5.28. The van der Waals surface area contributed by atoms with Crippen LogP contribution < -0.4 is 10.6 Å². The van der Waals surface area contributed by atoms with Crippen molar-refractivity contribution in [2.24, 2.45) is 4.99 Å². The van der Waals surface area contributed by atoms with Gasteiger partial charge >= 0.3 is 0 Å². The van der Waals surface area contributed by atoms with E-state index >= 15 is 0 Å². The fourth-order valence-corrected chi connectivity index (χ4v) is 3.84. The molecule has 0 radical (unpaired) electrons. The first-order valence-corrected chi connectivity index (χ1v) is 9.86. The number of guanidine groups is 1. The first-order valence-electron chi connectivity index (χ1n) is 9.86. The van der Waals surface area contributed by atoms with Crippen molar-refractivity contribution in [1.82, 2.24) is 20.2 Å². The number of hydrogen-bond donors (Lipinski definition) is 2. The standard InChI is InChI=1S/C21H31N5.HI/c1-2-23-20(24-13-8-15-26-16-14-22-18-26)25-17-21(11-6-7-12-21)19-9-4-3-5-10-19;/h3-5,9-10,14,16,18H,2,6-8,11-13,15,17H2,1H3,(H2,23,24,25);1H. The Balaban J connectivity index is 0.00000261. The third kappa shape index (κ3) is 6.23. The minimum Gasteiger partial charge on any atom is -0.357 e. The quantitative estimate of drug-likeness (QED) is 0.260. The van der Waals surface area contributed by atoms with E-state index in [4.69, 9.17) is 4.99 Å². The molecule has 1 aromatic carbocycles. The third-order valence-electron chi connectivity index (χ3n) is 5.28. The fourth-order valence-electron chi connectivity index (χ4n) is 3.84. The van der Waals surface area contributed by atoms with Gasteiger partial charge in [0.25, 0.3) is 0 Å². The van der Waals surface area contributed by atoms with Gasteiger partial charge in [-0.25, -0.2) is 4.98 Å². The van der Waals surface area contributed by atoms with Crippen LogP contribution in [-0.4, -0.2) is 35.1 Å². The Morgan fingerprint density at radius 2 is 1.96 bits per heavy atom. The van der Waals surface area contributed by atoms with Crippen LogP contribution in [0, 0.1) is 0 Å². The zero-order valence-electron chi connectivity index (χ0n) is 16.2. The van der Waals surface area contributed by atoms with Gasteiger partial charge in [0.1, 0.15) is 0 Å². The van der Waals surface area contributed by atoms with E-state index in [-0.39, 0.29) is 29.4 Å². The van der Waals surface area contributed by atoms with Gasteiger partial charge in [0.2, 0.25) is 0 Å². The lowest BCUT2D eigenvalue weighted by Crippen LogP contribution is -2.39. The summed E-state index contributed by atoms with van der Waals surface area (Å²) in [5, 5.41) is 6.87. The summed E-state index contributed by atoms with van der Waals surface area (Å²) in [6, 6.07) is 10.9. The van der Waals surface area contributed by atoms with Crippen molar-refractivity contribution in [2.75, 3.05) is 19.6 Å². The van der Waals surface area contributed by atoms with Crippen molar-refractivity contribution in [3.63, 3.8) is 0 Å². The molecule has 1 heterocycles. The summed E-state index contributed by atoms with van der Waals surface area (Å²) in [5.41, 5.74) is 1.65. The summed E-state index contributed by atoms with van der Waals surface area (Å²) >= 11 is 0. The summed E-state index contributed by atoms with van der Waals surface area (Å²) < 4.78 is 2.11. The molecule has 0 atom stereocenters. The van der Waals surface area contributed by atoms with E-state index in [1.165, 1.54) is 31.2 Å². The minimum absolute atomic E-state index is 0. The van der Waals surface area contributed by atoms with Crippen molar-refractivity contribution >= 4 is 29.9 Å². The molecule has 1 aliphatic carbocycles. The molecule has 0 amide bonds. The van der Waals surface area contributed by atoms with Crippen LogP contribution in [0.2, 0.25) is 0 Å². The lowest BCUT2D eigenvalue weighted by Gasteiger charge is -2.28. The van der Waals surface area contributed by atoms with Crippen LogP contribution in [0.5, 0.6) is 0 Å². The number of halogens is 1. The van der Waals surface area contributed by atoms with E-state index < -0.39 is 0 Å². The molecule has 2 aromatic rings.